The molecule has 9 heteroatoms. The van der Waals surface area contributed by atoms with Crippen LogP contribution < -0.4 is 5.32 Å². The van der Waals surface area contributed by atoms with Crippen LogP contribution in [-0.4, -0.2) is 76.0 Å². The second-order valence-corrected chi connectivity index (χ2v) is 9.59. The number of amides is 3. The largest absolute Gasteiger partial charge is 0.341 e. The zero-order chi connectivity index (χ0) is 25.3. The molecule has 0 radical (unpaired) electrons. The Balaban J connectivity index is 0.00000361. The number of carbonyl (C=O) groups excluding carboxylic acids is 2. The van der Waals surface area contributed by atoms with Crippen molar-refractivity contribution >= 4 is 23.6 Å². The predicted molar refractivity (Wildman–Crippen MR) is 138 cm³/mol. The Morgan fingerprint density at radius 1 is 1.26 bits per heavy atom. The van der Waals surface area contributed by atoms with Gasteiger partial charge in [0, 0.05) is 52.8 Å². The highest BCUT2D eigenvalue weighted by Crippen LogP contribution is 2.24. The molecule has 3 heterocycles. The Kier molecular flexibility index (Phi) is 6.86. The first-order chi connectivity index (χ1) is 16.7. The quantitative estimate of drug-likeness (QED) is 0.457. The topological polar surface area (TPSA) is 116 Å². The van der Waals surface area contributed by atoms with E-state index >= 15 is 0 Å². The second-order valence-electron chi connectivity index (χ2n) is 9.59. The van der Waals surface area contributed by atoms with Crippen LogP contribution in [0.4, 0.5) is 4.79 Å². The van der Waals surface area contributed by atoms with E-state index in [1.54, 1.807) is 41.1 Å². The number of hydrogen-bond acceptors (Lipinski definition) is 5. The normalized spacial score (nSPS) is 21.7. The molecule has 9 nitrogen and oxygen atoms in total. The zero-order valence-corrected chi connectivity index (χ0v) is 20.8. The van der Waals surface area contributed by atoms with Crippen molar-refractivity contribution in [1.82, 2.24) is 25.0 Å². The van der Waals surface area contributed by atoms with Crippen molar-refractivity contribution in [3.63, 3.8) is 0 Å². The van der Waals surface area contributed by atoms with Gasteiger partial charge in [0.15, 0.2) is 0 Å². The maximum Gasteiger partial charge on any atom is 0.319 e. The maximum atomic E-state index is 13.1. The number of fused-ring (bicyclic) bond motifs is 1. The second kappa shape index (κ2) is 9.85. The number of pyridine rings is 1. The molecule has 0 bridgehead atoms. The van der Waals surface area contributed by atoms with Crippen molar-refractivity contribution in [3.05, 3.63) is 64.5 Å². The number of rotatable bonds is 3. The van der Waals surface area contributed by atoms with Crippen LogP contribution in [-0.2, 0) is 13.0 Å². The van der Waals surface area contributed by atoms with E-state index < -0.39 is 0 Å². The number of hydrogen-bond donors (Lipinski definition) is 3. The zero-order valence-electron chi connectivity index (χ0n) is 20.8. The molecule has 4 rings (SSSR count). The molecule has 1 aromatic heterocycles. The van der Waals surface area contributed by atoms with Gasteiger partial charge in [-0.2, -0.15) is 0 Å². The molecule has 1 aliphatic carbocycles. The summed E-state index contributed by atoms with van der Waals surface area (Å²) in [6.07, 6.45) is 11.5. The standard InChI is InChI=1S/C26H33N7O2.H2/c1-16-12-18(24(28)33-17(2)8-9-23(33)27)6-5-7-21(16)30-25(34)22-13-20-15-32(26(35)31(3)4)11-10-19(20)14-29-22;/h5-7,12-14,17,21,27-28H,8-11,15H2,1-4H3,(H,30,34);1H/t17-,21?;/m0./s1. The molecule has 3 N–H and O–H groups in total. The summed E-state index contributed by atoms with van der Waals surface area (Å²) in [5.74, 6) is 0.487. The van der Waals surface area contributed by atoms with Gasteiger partial charge in [-0.05, 0) is 55.5 Å². The van der Waals surface area contributed by atoms with Gasteiger partial charge in [-0.25, -0.2) is 4.79 Å². The van der Waals surface area contributed by atoms with Gasteiger partial charge in [0.1, 0.15) is 17.4 Å². The molecule has 186 valence electrons. The molecule has 3 amide bonds. The van der Waals surface area contributed by atoms with E-state index in [1.165, 1.54) is 0 Å². The van der Waals surface area contributed by atoms with Crippen molar-refractivity contribution in [1.29, 1.82) is 10.8 Å². The summed E-state index contributed by atoms with van der Waals surface area (Å²) in [6.45, 7) is 5.04. The smallest absolute Gasteiger partial charge is 0.319 e. The van der Waals surface area contributed by atoms with Gasteiger partial charge < -0.3 is 20.0 Å². The maximum absolute atomic E-state index is 13.1. The van der Waals surface area contributed by atoms with Gasteiger partial charge in [-0.15, -0.1) is 0 Å². The molecular weight excluding hydrogens is 442 g/mol. The van der Waals surface area contributed by atoms with Gasteiger partial charge in [-0.1, -0.05) is 18.2 Å². The number of allylic oxidation sites excluding steroid dienone is 2. The van der Waals surface area contributed by atoms with Crippen LogP contribution >= 0.6 is 0 Å². The third kappa shape index (κ3) is 5.03. The Bertz CT molecular complexity index is 1170. The number of carbonyl (C=O) groups is 2. The van der Waals surface area contributed by atoms with Crippen LogP contribution in [0.2, 0.25) is 0 Å². The molecule has 35 heavy (non-hydrogen) atoms. The summed E-state index contributed by atoms with van der Waals surface area (Å²) < 4.78 is 0. The fourth-order valence-electron chi connectivity index (χ4n) is 4.69. The molecule has 1 fully saturated rings. The predicted octanol–water partition coefficient (Wildman–Crippen LogP) is 3.35. The van der Waals surface area contributed by atoms with Crippen molar-refractivity contribution in [2.24, 2.45) is 0 Å². The molecule has 0 spiro atoms. The number of amidine groups is 2. The van der Waals surface area contributed by atoms with Crippen molar-refractivity contribution in [3.8, 4) is 0 Å². The van der Waals surface area contributed by atoms with E-state index in [4.69, 9.17) is 10.8 Å². The molecule has 1 saturated heterocycles. The van der Waals surface area contributed by atoms with Gasteiger partial charge >= 0.3 is 6.03 Å². The van der Waals surface area contributed by atoms with Crippen LogP contribution in [0.15, 0.2) is 47.7 Å². The van der Waals surface area contributed by atoms with E-state index in [1.807, 2.05) is 38.2 Å². The number of nitrogens with one attached hydrogen (secondary N) is 3. The molecule has 1 unspecified atom stereocenters. The fourth-order valence-corrected chi connectivity index (χ4v) is 4.69. The first-order valence-corrected chi connectivity index (χ1v) is 11.9. The number of nitrogens with zero attached hydrogens (tertiary/aromatic N) is 4. The van der Waals surface area contributed by atoms with E-state index in [2.05, 4.69) is 10.3 Å². The summed E-state index contributed by atoms with van der Waals surface area (Å²) in [4.78, 5) is 34.9. The average molecular weight is 478 g/mol. The molecule has 0 saturated carbocycles. The molecule has 0 aromatic carbocycles. The number of likely N-dealkylation sites (tertiary alicyclic amines) is 1. The van der Waals surface area contributed by atoms with E-state index in [-0.39, 0.29) is 25.4 Å². The van der Waals surface area contributed by atoms with Crippen LogP contribution in [0.1, 0.15) is 49.7 Å². The highest BCUT2D eigenvalue weighted by Gasteiger charge is 2.29. The van der Waals surface area contributed by atoms with Gasteiger partial charge in [-0.3, -0.25) is 20.6 Å². The molecule has 2 atom stereocenters. The summed E-state index contributed by atoms with van der Waals surface area (Å²) in [6, 6.07) is 1.52. The van der Waals surface area contributed by atoms with Crippen LogP contribution in [0.3, 0.4) is 0 Å². The van der Waals surface area contributed by atoms with Crippen molar-refractivity contribution in [2.45, 2.75) is 51.7 Å². The summed E-state index contributed by atoms with van der Waals surface area (Å²) in [7, 11) is 3.47. The minimum absolute atomic E-state index is 0. The first-order valence-electron chi connectivity index (χ1n) is 11.9. The van der Waals surface area contributed by atoms with Crippen LogP contribution in [0.25, 0.3) is 0 Å². The Labute approximate surface area is 207 Å². The van der Waals surface area contributed by atoms with Crippen LogP contribution in [0, 0.1) is 10.8 Å². The van der Waals surface area contributed by atoms with E-state index in [9.17, 15) is 9.59 Å². The summed E-state index contributed by atoms with van der Waals surface area (Å²) >= 11 is 0. The van der Waals surface area contributed by atoms with E-state index in [0.29, 0.717) is 48.9 Å². The Morgan fingerprint density at radius 3 is 2.71 bits per heavy atom. The number of urea groups is 1. The summed E-state index contributed by atoms with van der Waals surface area (Å²) in [5, 5.41) is 19.8. The third-order valence-corrected chi connectivity index (χ3v) is 6.77. The molecule has 1 aromatic rings. The highest BCUT2D eigenvalue weighted by molar-refractivity contribution is 6.09. The molecular formula is C26H35N7O2. The van der Waals surface area contributed by atoms with Gasteiger partial charge in [0.25, 0.3) is 5.91 Å². The number of aromatic nitrogens is 1. The van der Waals surface area contributed by atoms with Crippen molar-refractivity contribution < 1.29 is 11.0 Å². The lowest BCUT2D eigenvalue weighted by atomic mass is 10.0. The Hall–Kier alpha value is -3.75. The Morgan fingerprint density at radius 2 is 2.03 bits per heavy atom. The van der Waals surface area contributed by atoms with Crippen molar-refractivity contribution in [2.75, 3.05) is 20.6 Å². The fraction of sp³-hybridized carbons (Fsp3) is 0.423. The molecule has 3 aliphatic rings. The van der Waals surface area contributed by atoms with Crippen LogP contribution in [0.5, 0.6) is 0 Å². The monoisotopic (exact) mass is 477 g/mol. The summed E-state index contributed by atoms with van der Waals surface area (Å²) in [5.41, 5.74) is 3.92. The lowest BCUT2D eigenvalue weighted by molar-refractivity contribution is 0.0943. The minimum atomic E-state index is -0.343. The molecule has 2 aliphatic heterocycles. The van der Waals surface area contributed by atoms with Gasteiger partial charge in [0.05, 0.1) is 6.04 Å². The SMILES string of the molecule is CC1=CC(C(=N)N2C(=N)CC[C@@H]2C)=CC=CC1NC(=O)c1cc2c(cn1)CCN(C(=O)N(C)C)C2.[HH]. The third-order valence-electron chi connectivity index (χ3n) is 6.77. The average Bonchev–Trinajstić information content (AvgIpc) is 3.06. The highest BCUT2D eigenvalue weighted by atomic mass is 16.2. The lowest BCUT2D eigenvalue weighted by Crippen LogP contribution is -2.42. The van der Waals surface area contributed by atoms with Gasteiger partial charge in [0.2, 0.25) is 0 Å². The lowest BCUT2D eigenvalue weighted by Gasteiger charge is -2.31. The first kappa shape index (κ1) is 24.4. The minimum Gasteiger partial charge on any atom is -0.341 e. The van der Waals surface area contributed by atoms with E-state index in [0.717, 1.165) is 23.1 Å².